The molecule has 2 atom stereocenters. The van der Waals surface area contributed by atoms with E-state index in [4.69, 9.17) is 5.73 Å². The van der Waals surface area contributed by atoms with Crippen molar-refractivity contribution in [2.24, 2.45) is 11.7 Å². The smallest absolute Gasteiger partial charge is 0.144 e. The predicted octanol–water partition coefficient (Wildman–Crippen LogP) is 8.51. The number of anilines is 1. The summed E-state index contributed by atoms with van der Waals surface area (Å²) in [5, 5.41) is 13.8. The molecule has 0 amide bonds. The van der Waals surface area contributed by atoms with Gasteiger partial charge < -0.3 is 15.7 Å². The lowest BCUT2D eigenvalue weighted by Crippen LogP contribution is -2.38. The van der Waals surface area contributed by atoms with Crippen molar-refractivity contribution in [2.45, 2.75) is 44.6 Å². The van der Waals surface area contributed by atoms with Crippen molar-refractivity contribution in [1.29, 1.82) is 0 Å². The van der Waals surface area contributed by atoms with E-state index in [0.29, 0.717) is 11.7 Å². The fraction of sp³-hybridized carbons (Fsp3) is 0.222. The molecule has 0 bridgehead atoms. The number of nitrogens with two attached hydrogens (primary N) is 1. The van der Waals surface area contributed by atoms with E-state index in [-0.39, 0.29) is 11.7 Å². The average Bonchev–Trinajstić information content (AvgIpc) is 3.00. The van der Waals surface area contributed by atoms with Crippen LogP contribution in [0.25, 0.3) is 28.0 Å². The number of hydrogen-bond donors (Lipinski definition) is 2. The molecule has 3 aromatic carbocycles. The maximum Gasteiger partial charge on any atom is 0.144 e. The van der Waals surface area contributed by atoms with Gasteiger partial charge >= 0.3 is 0 Å². The highest BCUT2D eigenvalue weighted by atomic mass is 16.3. The lowest BCUT2D eigenvalue weighted by Gasteiger charge is -2.40. The molecule has 39 heavy (non-hydrogen) atoms. The highest BCUT2D eigenvalue weighted by Gasteiger charge is 2.33. The van der Waals surface area contributed by atoms with Gasteiger partial charge in [-0.15, -0.1) is 0 Å². The van der Waals surface area contributed by atoms with Gasteiger partial charge in [0.2, 0.25) is 0 Å². The summed E-state index contributed by atoms with van der Waals surface area (Å²) in [6.45, 7) is 0. The van der Waals surface area contributed by atoms with Crippen LogP contribution in [-0.2, 0) is 6.42 Å². The molecule has 4 aliphatic rings. The van der Waals surface area contributed by atoms with Crippen molar-refractivity contribution < 1.29 is 5.11 Å². The molecule has 0 aliphatic heterocycles. The second kappa shape index (κ2) is 9.81. The minimum absolute atomic E-state index is 0.147. The summed E-state index contributed by atoms with van der Waals surface area (Å²) in [6, 6.07) is 20.5. The van der Waals surface area contributed by atoms with Gasteiger partial charge in [0.15, 0.2) is 0 Å². The molecular weight excluding hydrogens is 476 g/mol. The first-order valence-electron chi connectivity index (χ1n) is 14.2. The van der Waals surface area contributed by atoms with Gasteiger partial charge in [0.1, 0.15) is 5.76 Å². The first-order chi connectivity index (χ1) is 19.2. The molecule has 3 heteroatoms. The van der Waals surface area contributed by atoms with Crippen molar-refractivity contribution in [3.63, 3.8) is 0 Å². The fourth-order valence-electron chi connectivity index (χ4n) is 6.79. The maximum atomic E-state index is 11.1. The molecule has 0 fully saturated rings. The van der Waals surface area contributed by atoms with E-state index >= 15 is 0 Å². The summed E-state index contributed by atoms with van der Waals surface area (Å²) >= 11 is 0. The maximum absolute atomic E-state index is 11.1. The Balaban J connectivity index is 1.33. The van der Waals surface area contributed by atoms with Gasteiger partial charge in [0.05, 0.1) is 5.70 Å². The Morgan fingerprint density at radius 3 is 2.64 bits per heavy atom. The summed E-state index contributed by atoms with van der Waals surface area (Å²) in [5.74, 6) is 0.374. The first-order valence-corrected chi connectivity index (χ1v) is 14.2. The van der Waals surface area contributed by atoms with E-state index in [2.05, 4.69) is 102 Å². The van der Waals surface area contributed by atoms with Crippen LogP contribution in [0, 0.1) is 5.92 Å². The number of fused-ring (bicyclic) bond motifs is 4. The Labute approximate surface area is 230 Å². The van der Waals surface area contributed by atoms with Crippen LogP contribution in [0.4, 0.5) is 5.69 Å². The molecule has 7 rings (SSSR count). The van der Waals surface area contributed by atoms with Crippen LogP contribution in [0.2, 0.25) is 0 Å². The zero-order chi connectivity index (χ0) is 26.3. The Kier molecular flexibility index (Phi) is 6.00. The fourth-order valence-corrected chi connectivity index (χ4v) is 6.79. The molecule has 3 N–H and O–H groups in total. The highest BCUT2D eigenvalue weighted by molar-refractivity contribution is 5.96. The topological polar surface area (TPSA) is 49.5 Å². The molecule has 2 unspecified atom stereocenters. The first kappa shape index (κ1) is 23.8. The quantitative estimate of drug-likeness (QED) is 0.346. The molecule has 3 nitrogen and oxygen atoms in total. The van der Waals surface area contributed by atoms with Gasteiger partial charge in [-0.1, -0.05) is 78.9 Å². The van der Waals surface area contributed by atoms with Gasteiger partial charge in [-0.2, -0.15) is 0 Å². The average molecular weight is 511 g/mol. The Morgan fingerprint density at radius 1 is 0.923 bits per heavy atom. The van der Waals surface area contributed by atoms with Crippen molar-refractivity contribution in [2.75, 3.05) is 4.90 Å². The van der Waals surface area contributed by atoms with Crippen LogP contribution >= 0.6 is 0 Å². The van der Waals surface area contributed by atoms with E-state index < -0.39 is 0 Å². The minimum Gasteiger partial charge on any atom is -0.505 e. The summed E-state index contributed by atoms with van der Waals surface area (Å²) in [6.07, 6.45) is 23.7. The minimum atomic E-state index is 0.147. The normalized spacial score (nSPS) is 21.8. The van der Waals surface area contributed by atoms with Crippen molar-refractivity contribution in [1.82, 2.24) is 0 Å². The molecule has 4 aliphatic carbocycles. The lowest BCUT2D eigenvalue weighted by molar-refractivity contribution is 0.401. The van der Waals surface area contributed by atoms with Gasteiger partial charge in [0.25, 0.3) is 0 Å². The van der Waals surface area contributed by atoms with Crippen LogP contribution in [0.3, 0.4) is 0 Å². The van der Waals surface area contributed by atoms with E-state index in [0.717, 1.165) is 55.5 Å². The Hall–Kier alpha value is -4.24. The monoisotopic (exact) mass is 510 g/mol. The van der Waals surface area contributed by atoms with Crippen molar-refractivity contribution in [3.05, 3.63) is 131 Å². The Bertz CT molecular complexity index is 1630. The van der Waals surface area contributed by atoms with E-state index in [1.165, 1.54) is 33.0 Å². The van der Waals surface area contributed by atoms with Gasteiger partial charge in [0, 0.05) is 28.9 Å². The number of aliphatic hydroxyl groups is 1. The SMILES string of the molecule is NC1=CCC2C=CC=C(N(c3ccc(-c4cc5ccccc5c5c4C=CCC5)cc3)C3CC=CCC3)C2=C1O. The van der Waals surface area contributed by atoms with E-state index in [9.17, 15) is 5.11 Å². The van der Waals surface area contributed by atoms with E-state index in [1.54, 1.807) is 0 Å². The third kappa shape index (κ3) is 4.13. The molecule has 0 saturated heterocycles. The molecule has 0 saturated carbocycles. The van der Waals surface area contributed by atoms with Crippen LogP contribution in [0.5, 0.6) is 0 Å². The van der Waals surface area contributed by atoms with Crippen LogP contribution in [0.15, 0.2) is 120 Å². The highest BCUT2D eigenvalue weighted by Crippen LogP contribution is 2.42. The summed E-state index contributed by atoms with van der Waals surface area (Å²) in [7, 11) is 0. The van der Waals surface area contributed by atoms with E-state index in [1.807, 2.05) is 6.08 Å². The van der Waals surface area contributed by atoms with Gasteiger partial charge in [-0.25, -0.2) is 0 Å². The number of nitrogens with zero attached hydrogens (tertiary/aromatic N) is 1. The van der Waals surface area contributed by atoms with Gasteiger partial charge in [-0.05, 0) is 95.8 Å². The predicted molar refractivity (Wildman–Crippen MR) is 163 cm³/mol. The van der Waals surface area contributed by atoms with Crippen LogP contribution in [-0.4, -0.2) is 11.1 Å². The van der Waals surface area contributed by atoms with Crippen LogP contribution < -0.4 is 10.6 Å². The molecule has 3 aromatic rings. The standard InChI is InChI=1S/C36H34N2O/c37-33-22-19-25-10-8-16-34(35(25)36(33)39)38(27-11-2-1-3-12-27)28-20-17-24(18-21-28)32-23-26-9-4-5-13-29(26)30-14-6-7-15-31(30)32/h1-2,4-5,7-10,13,15-18,20-23,25,27,39H,3,6,11-12,14,19,37H2. The molecule has 0 heterocycles. The number of hydrogen-bond acceptors (Lipinski definition) is 3. The van der Waals surface area contributed by atoms with Crippen molar-refractivity contribution in [3.8, 4) is 11.1 Å². The second-order valence-corrected chi connectivity index (χ2v) is 11.0. The third-order valence-corrected chi connectivity index (χ3v) is 8.73. The summed E-state index contributed by atoms with van der Waals surface area (Å²) in [5.41, 5.74) is 15.2. The summed E-state index contributed by atoms with van der Waals surface area (Å²) < 4.78 is 0. The number of allylic oxidation sites excluding steroid dienone is 7. The molecule has 0 radical (unpaired) electrons. The molecule has 0 spiro atoms. The number of aryl methyl sites for hydroxylation is 1. The summed E-state index contributed by atoms with van der Waals surface area (Å²) in [4.78, 5) is 2.45. The second-order valence-electron chi connectivity index (χ2n) is 11.0. The van der Waals surface area contributed by atoms with Crippen molar-refractivity contribution >= 4 is 22.5 Å². The molecular formula is C36H34N2O. The molecule has 0 aromatic heterocycles. The third-order valence-electron chi connectivity index (χ3n) is 8.73. The zero-order valence-corrected chi connectivity index (χ0v) is 22.2. The number of benzene rings is 3. The Morgan fingerprint density at radius 2 is 1.79 bits per heavy atom. The zero-order valence-electron chi connectivity index (χ0n) is 22.2. The van der Waals surface area contributed by atoms with Crippen LogP contribution in [0.1, 0.15) is 43.2 Å². The lowest BCUT2D eigenvalue weighted by atomic mass is 9.82. The number of rotatable bonds is 4. The van der Waals surface area contributed by atoms with Gasteiger partial charge in [-0.3, -0.25) is 0 Å². The molecule has 194 valence electrons. The number of aliphatic hydroxyl groups excluding tert-OH is 1. The largest absolute Gasteiger partial charge is 0.505 e.